The van der Waals surface area contributed by atoms with E-state index in [0.29, 0.717) is 0 Å². The summed E-state index contributed by atoms with van der Waals surface area (Å²) >= 11 is 3.89. The SMILES string of the molecule is CCNC(=O)c1c(F)c(F)c(OC(=O)[C@@H](NC(=O)OC(C)(C)C)C(C)(C)C)c(F)c1F.P=S. The summed E-state index contributed by atoms with van der Waals surface area (Å²) in [4.78, 5) is 36.3. The highest BCUT2D eigenvalue weighted by molar-refractivity contribution is 7.88. The fraction of sp³-hybridized carbons (Fsp3) is 0.550. The first-order chi connectivity index (χ1) is 15.0. The fourth-order valence-corrected chi connectivity index (χ4v) is 2.36. The molecule has 0 saturated heterocycles. The minimum atomic E-state index is -2.07. The van der Waals surface area contributed by atoms with E-state index in [2.05, 4.69) is 29.9 Å². The predicted octanol–water partition coefficient (Wildman–Crippen LogP) is 4.43. The highest BCUT2D eigenvalue weighted by atomic mass is 32.4. The van der Waals surface area contributed by atoms with Crippen molar-refractivity contribution < 1.29 is 41.4 Å². The molecule has 0 fully saturated rings. The molecule has 1 rings (SSSR count). The monoisotopic (exact) mass is 514 g/mol. The molecule has 1 aromatic carbocycles. The predicted molar refractivity (Wildman–Crippen MR) is 118 cm³/mol. The molecular formula is C20H27F4N2O5PS. The lowest BCUT2D eigenvalue weighted by Crippen LogP contribution is -2.52. The first-order valence-electron chi connectivity index (χ1n) is 9.57. The van der Waals surface area contributed by atoms with Gasteiger partial charge in [-0.3, -0.25) is 4.79 Å². The fourth-order valence-electron chi connectivity index (χ4n) is 2.36. The second-order valence-corrected chi connectivity index (χ2v) is 8.69. The third-order valence-electron chi connectivity index (χ3n) is 3.75. The van der Waals surface area contributed by atoms with Crippen LogP contribution in [0.5, 0.6) is 5.75 Å². The molecule has 2 N–H and O–H groups in total. The van der Waals surface area contributed by atoms with Crippen LogP contribution < -0.4 is 15.4 Å². The molecule has 2 amide bonds. The maximum Gasteiger partial charge on any atom is 0.408 e. The molecular weight excluding hydrogens is 487 g/mol. The van der Waals surface area contributed by atoms with Crippen molar-refractivity contribution in [1.82, 2.24) is 10.6 Å². The van der Waals surface area contributed by atoms with Gasteiger partial charge < -0.3 is 20.1 Å². The van der Waals surface area contributed by atoms with Crippen molar-refractivity contribution in [2.75, 3.05) is 6.54 Å². The number of esters is 1. The summed E-state index contributed by atoms with van der Waals surface area (Å²) in [5.41, 5.74) is -3.44. The number of carbonyl (C=O) groups is 3. The zero-order chi connectivity index (χ0) is 26.3. The maximum atomic E-state index is 14.4. The van der Waals surface area contributed by atoms with Gasteiger partial charge in [0.1, 0.15) is 17.2 Å². The first-order valence-corrected chi connectivity index (χ1v) is 11.2. The first kappa shape index (κ1) is 30.7. The molecule has 0 heterocycles. The molecule has 0 bridgehead atoms. The van der Waals surface area contributed by atoms with Crippen LogP contribution in [0.4, 0.5) is 22.4 Å². The number of ether oxygens (including phenoxy) is 2. The van der Waals surface area contributed by atoms with E-state index in [4.69, 9.17) is 4.74 Å². The van der Waals surface area contributed by atoms with Gasteiger partial charge in [0.25, 0.3) is 5.91 Å². The summed E-state index contributed by atoms with van der Waals surface area (Å²) in [6.45, 7) is 10.6. The molecule has 0 unspecified atom stereocenters. The van der Waals surface area contributed by atoms with Gasteiger partial charge in [0.15, 0.2) is 11.6 Å². The van der Waals surface area contributed by atoms with E-state index in [9.17, 15) is 31.9 Å². The van der Waals surface area contributed by atoms with Gasteiger partial charge in [-0.1, -0.05) is 32.6 Å². The van der Waals surface area contributed by atoms with E-state index < -0.39 is 69.6 Å². The van der Waals surface area contributed by atoms with E-state index in [0.717, 1.165) is 0 Å². The zero-order valence-electron chi connectivity index (χ0n) is 19.2. The summed E-state index contributed by atoms with van der Waals surface area (Å²) in [5, 5.41) is 4.23. The molecule has 1 aromatic rings. The van der Waals surface area contributed by atoms with E-state index in [-0.39, 0.29) is 6.54 Å². The van der Waals surface area contributed by atoms with Crippen molar-refractivity contribution in [2.45, 2.75) is 60.1 Å². The third-order valence-corrected chi connectivity index (χ3v) is 3.75. The van der Waals surface area contributed by atoms with Gasteiger partial charge in [0.05, 0.1) is 0 Å². The molecule has 0 aromatic heterocycles. The number of nitrogens with one attached hydrogen (secondary N) is 2. The molecule has 13 heteroatoms. The lowest BCUT2D eigenvalue weighted by molar-refractivity contribution is -0.140. The molecule has 0 aliphatic carbocycles. The second kappa shape index (κ2) is 12.2. The largest absolute Gasteiger partial charge is 0.444 e. The van der Waals surface area contributed by atoms with Crippen LogP contribution in [-0.4, -0.2) is 36.2 Å². The van der Waals surface area contributed by atoms with Crippen LogP contribution in [0.25, 0.3) is 0 Å². The van der Waals surface area contributed by atoms with Crippen molar-refractivity contribution in [2.24, 2.45) is 5.41 Å². The highest BCUT2D eigenvalue weighted by Gasteiger charge is 2.38. The van der Waals surface area contributed by atoms with E-state index >= 15 is 0 Å². The molecule has 0 spiro atoms. The Morgan fingerprint density at radius 1 is 0.939 bits per heavy atom. The Balaban J connectivity index is 0.00000497. The van der Waals surface area contributed by atoms with Crippen LogP contribution in [0.15, 0.2) is 0 Å². The molecule has 1 atom stereocenters. The summed E-state index contributed by atoms with van der Waals surface area (Å²) in [5.74, 6) is -12.7. The van der Waals surface area contributed by atoms with Gasteiger partial charge in [-0.15, -0.1) is 0 Å². The average molecular weight is 514 g/mol. The van der Waals surface area contributed by atoms with Gasteiger partial charge in [-0.25, -0.2) is 18.4 Å². The van der Waals surface area contributed by atoms with Crippen molar-refractivity contribution in [3.05, 3.63) is 28.8 Å². The Hall–Kier alpha value is -2.33. The Bertz CT molecular complexity index is 875. The summed E-state index contributed by atoms with van der Waals surface area (Å²) in [7, 11) is 2.56. The molecule has 0 saturated carbocycles. The number of amides is 2. The van der Waals surface area contributed by atoms with Gasteiger partial charge in [0.2, 0.25) is 17.4 Å². The van der Waals surface area contributed by atoms with Crippen LogP contribution in [0.1, 0.15) is 58.8 Å². The topological polar surface area (TPSA) is 93.7 Å². The van der Waals surface area contributed by atoms with Crippen molar-refractivity contribution >= 4 is 37.8 Å². The molecule has 0 aliphatic rings. The standard InChI is InChI=1S/C20H26F4N2O5.HPS/c1-8-25-16(27)9-10(21)12(23)14(13(24)11(9)22)30-17(28)15(19(2,3)4)26-18(29)31-20(5,6)7;1-2/h15H,8H2,1-7H3,(H,25,27)(H,26,29);1H/t15-;/m1./s1. The lowest BCUT2D eigenvalue weighted by Gasteiger charge is -2.30. The number of hydrogen-bond acceptors (Lipinski definition) is 6. The zero-order valence-corrected chi connectivity index (χ0v) is 21.1. The van der Waals surface area contributed by atoms with Crippen LogP contribution in [0.2, 0.25) is 0 Å². The summed E-state index contributed by atoms with van der Waals surface area (Å²) in [6.07, 6.45) is -1.02. The Morgan fingerprint density at radius 2 is 1.39 bits per heavy atom. The number of halogens is 4. The molecule has 33 heavy (non-hydrogen) atoms. The van der Waals surface area contributed by atoms with E-state index in [1.54, 1.807) is 20.8 Å². The Kier molecular flexibility index (Phi) is 11.4. The normalized spacial score (nSPS) is 12.1. The highest BCUT2D eigenvalue weighted by Crippen LogP contribution is 2.31. The van der Waals surface area contributed by atoms with E-state index in [1.165, 1.54) is 27.7 Å². The number of rotatable bonds is 5. The number of carbonyl (C=O) groups excluding carboxylic acids is 3. The molecule has 7 nitrogen and oxygen atoms in total. The van der Waals surface area contributed by atoms with Crippen LogP contribution in [-0.2, 0) is 21.3 Å². The van der Waals surface area contributed by atoms with Crippen molar-refractivity contribution in [3.63, 3.8) is 0 Å². The lowest BCUT2D eigenvalue weighted by atomic mass is 9.87. The quantitative estimate of drug-likeness (QED) is 0.199. The molecule has 186 valence electrons. The minimum absolute atomic E-state index is 0.0543. The minimum Gasteiger partial charge on any atom is -0.444 e. The summed E-state index contributed by atoms with van der Waals surface area (Å²) < 4.78 is 66.8. The van der Waals surface area contributed by atoms with Gasteiger partial charge in [0, 0.05) is 6.54 Å². The van der Waals surface area contributed by atoms with E-state index in [1.807, 2.05) is 5.32 Å². The molecule has 0 radical (unpaired) electrons. The Morgan fingerprint density at radius 3 is 1.76 bits per heavy atom. The third kappa shape index (κ3) is 8.51. The second-order valence-electron chi connectivity index (χ2n) is 8.69. The number of hydrogen-bond donors (Lipinski definition) is 2. The number of alkyl carbamates (subject to hydrolysis) is 1. The average Bonchev–Trinajstić information content (AvgIpc) is 2.67. The smallest absolute Gasteiger partial charge is 0.408 e. The molecule has 0 aliphatic heterocycles. The Labute approximate surface area is 196 Å². The van der Waals surface area contributed by atoms with Gasteiger partial charge >= 0.3 is 12.1 Å². The van der Waals surface area contributed by atoms with Crippen molar-refractivity contribution in [1.29, 1.82) is 0 Å². The van der Waals surface area contributed by atoms with Gasteiger partial charge in [-0.2, -0.15) is 8.78 Å². The summed E-state index contributed by atoms with van der Waals surface area (Å²) in [6, 6.07) is -1.50. The maximum absolute atomic E-state index is 14.4. The van der Waals surface area contributed by atoms with Crippen LogP contribution in [0.3, 0.4) is 0 Å². The van der Waals surface area contributed by atoms with Crippen molar-refractivity contribution in [3.8, 4) is 5.75 Å². The van der Waals surface area contributed by atoms with Crippen LogP contribution in [0, 0.1) is 28.7 Å². The van der Waals surface area contributed by atoms with Crippen LogP contribution >= 0.6 is 8.02 Å². The number of benzene rings is 1. The van der Waals surface area contributed by atoms with Gasteiger partial charge in [-0.05, 0) is 41.1 Å².